The van der Waals surface area contributed by atoms with Gasteiger partial charge in [0.05, 0.1) is 18.4 Å². The predicted octanol–water partition coefficient (Wildman–Crippen LogP) is -3.13. The Bertz CT molecular complexity index is 1480. The van der Waals surface area contributed by atoms with Crippen LogP contribution in [0.2, 0.25) is 0 Å². The molecular weight excluding hydrogens is 526 g/mol. The van der Waals surface area contributed by atoms with Crippen molar-refractivity contribution in [3.05, 3.63) is 65.2 Å². The van der Waals surface area contributed by atoms with Gasteiger partial charge in [-0.15, -0.1) is 11.8 Å². The van der Waals surface area contributed by atoms with Gasteiger partial charge in [0.15, 0.2) is 6.23 Å². The summed E-state index contributed by atoms with van der Waals surface area (Å²) in [6, 6.07) is -0.735. The monoisotopic (exact) mass is 553 g/mol. The molecular formula is C22H27N5O10S. The molecule has 3 fully saturated rings. The van der Waals surface area contributed by atoms with Gasteiger partial charge < -0.3 is 29.7 Å². The van der Waals surface area contributed by atoms with Gasteiger partial charge in [0, 0.05) is 29.9 Å². The van der Waals surface area contributed by atoms with Gasteiger partial charge in [0.2, 0.25) is 5.91 Å². The van der Waals surface area contributed by atoms with Gasteiger partial charge in [0.1, 0.15) is 36.0 Å². The van der Waals surface area contributed by atoms with Gasteiger partial charge in [-0.1, -0.05) is 0 Å². The number of aliphatic hydroxyl groups is 3. The molecule has 5 rings (SSSR count). The van der Waals surface area contributed by atoms with Gasteiger partial charge >= 0.3 is 11.4 Å². The van der Waals surface area contributed by atoms with Crippen molar-refractivity contribution in [2.45, 2.75) is 68.6 Å². The summed E-state index contributed by atoms with van der Waals surface area (Å²) in [5.41, 5.74) is -2.21. The van der Waals surface area contributed by atoms with Gasteiger partial charge in [0.25, 0.3) is 11.1 Å². The van der Waals surface area contributed by atoms with Crippen molar-refractivity contribution in [3.63, 3.8) is 0 Å². The number of ether oxygens (including phenoxy) is 2. The van der Waals surface area contributed by atoms with Crippen molar-refractivity contribution in [1.82, 2.24) is 24.0 Å². The fraction of sp³-hybridized carbons (Fsp3) is 0.591. The maximum atomic E-state index is 13.0. The van der Waals surface area contributed by atoms with Crippen LogP contribution in [0.25, 0.3) is 0 Å². The van der Waals surface area contributed by atoms with Gasteiger partial charge in [-0.3, -0.25) is 33.5 Å². The highest BCUT2D eigenvalue weighted by atomic mass is 32.2. The SMILES string of the molecule is Cc1cn([C@@H]2O[C@H]([C@H]3SCC(=O)N3[C@H]3C[C@H](n4cc(C)c(=O)[nH]c4=O)O[C@@H]3CO)[C@@H](O)[C@H]2O)c(=O)[nH]c1=O. The van der Waals surface area contributed by atoms with E-state index >= 15 is 0 Å². The number of aromatic nitrogens is 4. The second-order valence-corrected chi connectivity index (χ2v) is 10.7. The number of nitrogens with zero attached hydrogens (tertiary/aromatic N) is 3. The minimum Gasteiger partial charge on any atom is -0.394 e. The summed E-state index contributed by atoms with van der Waals surface area (Å²) in [7, 11) is 0. The molecule has 0 bridgehead atoms. The van der Waals surface area contributed by atoms with Crippen LogP contribution in [0, 0.1) is 13.8 Å². The van der Waals surface area contributed by atoms with Crippen molar-refractivity contribution >= 4 is 17.7 Å². The summed E-state index contributed by atoms with van der Waals surface area (Å²) in [4.78, 5) is 67.1. The first-order valence-corrected chi connectivity index (χ1v) is 12.9. The third-order valence-corrected chi connectivity index (χ3v) is 8.36. The largest absolute Gasteiger partial charge is 0.394 e. The van der Waals surface area contributed by atoms with Crippen LogP contribution in [0.15, 0.2) is 31.6 Å². The molecule has 0 saturated carbocycles. The lowest BCUT2D eigenvalue weighted by Crippen LogP contribution is -2.53. The number of aliphatic hydroxyl groups excluding tert-OH is 3. The number of nitrogens with one attached hydrogen (secondary N) is 2. The fourth-order valence-electron chi connectivity index (χ4n) is 5.15. The van der Waals surface area contributed by atoms with Crippen LogP contribution in [0.5, 0.6) is 0 Å². The Hall–Kier alpha value is -3.02. The van der Waals surface area contributed by atoms with Crippen molar-refractivity contribution in [1.29, 1.82) is 0 Å². The zero-order valence-corrected chi connectivity index (χ0v) is 21.2. The molecule has 3 aliphatic heterocycles. The van der Waals surface area contributed by atoms with Crippen LogP contribution in [0.4, 0.5) is 0 Å². The Morgan fingerprint density at radius 3 is 2.18 bits per heavy atom. The summed E-state index contributed by atoms with van der Waals surface area (Å²) < 4.78 is 14.0. The highest BCUT2D eigenvalue weighted by Gasteiger charge is 2.55. The second-order valence-electron chi connectivity index (χ2n) is 9.55. The standard InChI is InChI=1S/C22H27N5O10S/c1-8-4-25(21(34)23-17(8)32)13-3-10(11(6-28)36-13)27-12(29)7-38-20(27)16-14(30)15(31)19(37-16)26-5-9(2)18(33)24-22(26)35/h4-5,10-11,13-16,19-20,28,30-31H,3,6-7H2,1-2H3,(H,23,32,34)(H,24,33,35)/t10-,11+,13+,14-,15+,16-,19+,20+/m0/s1. The summed E-state index contributed by atoms with van der Waals surface area (Å²) in [6.45, 7) is 2.51. The Labute approximate surface area is 217 Å². The Morgan fingerprint density at radius 2 is 1.55 bits per heavy atom. The molecule has 0 unspecified atom stereocenters. The molecule has 2 aromatic heterocycles. The van der Waals surface area contributed by atoms with E-state index in [0.29, 0.717) is 0 Å². The van der Waals surface area contributed by atoms with Crippen molar-refractivity contribution in [3.8, 4) is 0 Å². The Morgan fingerprint density at radius 1 is 0.947 bits per heavy atom. The van der Waals surface area contributed by atoms with E-state index in [9.17, 15) is 39.3 Å². The topological polar surface area (TPSA) is 209 Å². The van der Waals surface area contributed by atoms with Crippen LogP contribution < -0.4 is 22.5 Å². The molecule has 0 radical (unpaired) electrons. The molecule has 3 aliphatic rings. The minimum atomic E-state index is -1.55. The quantitative estimate of drug-likeness (QED) is 0.250. The van der Waals surface area contributed by atoms with E-state index in [2.05, 4.69) is 9.97 Å². The number of rotatable bonds is 5. The second kappa shape index (κ2) is 9.94. The van der Waals surface area contributed by atoms with E-state index in [1.165, 1.54) is 35.7 Å². The van der Waals surface area contributed by atoms with Crippen LogP contribution in [-0.4, -0.2) is 93.4 Å². The van der Waals surface area contributed by atoms with Gasteiger partial charge in [-0.2, -0.15) is 0 Å². The number of carbonyl (C=O) groups excluding carboxylic acids is 1. The van der Waals surface area contributed by atoms with Gasteiger partial charge in [-0.25, -0.2) is 9.59 Å². The zero-order valence-electron chi connectivity index (χ0n) is 20.3. The molecule has 5 heterocycles. The number of hydrogen-bond donors (Lipinski definition) is 5. The molecule has 8 atom stereocenters. The first-order valence-electron chi connectivity index (χ1n) is 11.9. The average molecular weight is 554 g/mol. The van der Waals surface area contributed by atoms with E-state index in [1.807, 2.05) is 0 Å². The number of aromatic amines is 2. The molecule has 206 valence electrons. The predicted molar refractivity (Wildman–Crippen MR) is 131 cm³/mol. The fourth-order valence-corrected chi connectivity index (χ4v) is 6.46. The molecule has 0 aliphatic carbocycles. The highest BCUT2D eigenvalue weighted by Crippen LogP contribution is 2.43. The first-order chi connectivity index (χ1) is 18.0. The third kappa shape index (κ3) is 4.36. The lowest BCUT2D eigenvalue weighted by atomic mass is 10.0. The van der Waals surface area contributed by atoms with E-state index in [1.54, 1.807) is 0 Å². The van der Waals surface area contributed by atoms with Crippen LogP contribution in [0.3, 0.4) is 0 Å². The molecule has 2 aromatic rings. The summed E-state index contributed by atoms with van der Waals surface area (Å²) >= 11 is 1.15. The average Bonchev–Trinajstić information content (AvgIpc) is 3.54. The number of aryl methyl sites for hydroxylation is 2. The Balaban J connectivity index is 1.43. The molecule has 38 heavy (non-hydrogen) atoms. The smallest absolute Gasteiger partial charge is 0.330 e. The van der Waals surface area contributed by atoms with E-state index in [-0.39, 0.29) is 29.2 Å². The van der Waals surface area contributed by atoms with Crippen molar-refractivity contribution in [2.24, 2.45) is 0 Å². The highest BCUT2D eigenvalue weighted by molar-refractivity contribution is 8.01. The normalized spacial score (nSPS) is 33.4. The molecule has 1 amide bonds. The summed E-state index contributed by atoms with van der Waals surface area (Å²) in [5, 5.41) is 30.8. The first kappa shape index (κ1) is 26.6. The van der Waals surface area contributed by atoms with Crippen molar-refractivity contribution < 1.29 is 29.6 Å². The zero-order chi connectivity index (χ0) is 27.5. The molecule has 15 nitrogen and oxygen atoms in total. The van der Waals surface area contributed by atoms with E-state index in [0.717, 1.165) is 16.3 Å². The number of H-pyrrole nitrogens is 2. The Kier molecular flexibility index (Phi) is 6.95. The van der Waals surface area contributed by atoms with Gasteiger partial charge in [-0.05, 0) is 13.8 Å². The third-order valence-electron chi connectivity index (χ3n) is 7.11. The van der Waals surface area contributed by atoms with Crippen LogP contribution in [0.1, 0.15) is 30.0 Å². The molecule has 5 N–H and O–H groups in total. The lowest BCUT2D eigenvalue weighted by molar-refractivity contribution is -0.137. The van der Waals surface area contributed by atoms with Crippen LogP contribution in [-0.2, 0) is 14.3 Å². The molecule has 0 spiro atoms. The number of thioether (sulfide) groups is 1. The molecule has 0 aromatic carbocycles. The number of hydrogen-bond acceptors (Lipinski definition) is 11. The van der Waals surface area contributed by atoms with Crippen molar-refractivity contribution in [2.75, 3.05) is 12.4 Å². The lowest BCUT2D eigenvalue weighted by Gasteiger charge is -2.35. The van der Waals surface area contributed by atoms with Crippen LogP contribution >= 0.6 is 11.8 Å². The number of amides is 1. The maximum Gasteiger partial charge on any atom is 0.330 e. The minimum absolute atomic E-state index is 0.0206. The van der Waals surface area contributed by atoms with E-state index < -0.39 is 77.4 Å². The summed E-state index contributed by atoms with van der Waals surface area (Å²) in [5.74, 6) is -0.310. The summed E-state index contributed by atoms with van der Waals surface area (Å²) in [6.07, 6.45) is -4.66. The molecule has 16 heteroatoms. The number of carbonyl (C=O) groups is 1. The maximum absolute atomic E-state index is 13.0. The van der Waals surface area contributed by atoms with E-state index in [4.69, 9.17) is 9.47 Å². The molecule has 3 saturated heterocycles.